The summed E-state index contributed by atoms with van der Waals surface area (Å²) in [4.78, 5) is 13.2. The number of cyclic esters (lactones) is 1. The lowest BCUT2D eigenvalue weighted by atomic mass is 9.88. The zero-order valence-corrected chi connectivity index (χ0v) is 19.6. The summed E-state index contributed by atoms with van der Waals surface area (Å²) in [6.45, 7) is 2.77. The predicted molar refractivity (Wildman–Crippen MR) is 128 cm³/mol. The van der Waals surface area contributed by atoms with Crippen molar-refractivity contribution in [1.29, 1.82) is 0 Å². The van der Waals surface area contributed by atoms with Crippen LogP contribution in [0.15, 0.2) is 72.3 Å². The summed E-state index contributed by atoms with van der Waals surface area (Å²) in [5.74, 6) is -0.0622. The van der Waals surface area contributed by atoms with Gasteiger partial charge in [0.1, 0.15) is 11.5 Å². The molecule has 1 atom stereocenters. The summed E-state index contributed by atoms with van der Waals surface area (Å²) in [7, 11) is 1.57. The van der Waals surface area contributed by atoms with E-state index >= 15 is 0 Å². The second-order valence-corrected chi connectivity index (χ2v) is 8.36. The van der Waals surface area contributed by atoms with Crippen LogP contribution in [-0.4, -0.2) is 31.6 Å². The fourth-order valence-electron chi connectivity index (χ4n) is 4.31. The van der Waals surface area contributed by atoms with Crippen LogP contribution >= 0.6 is 0 Å². The average molecular weight is 475 g/mol. The summed E-state index contributed by atoms with van der Waals surface area (Å²) < 4.78 is 27.6. The summed E-state index contributed by atoms with van der Waals surface area (Å²) >= 11 is 0. The van der Waals surface area contributed by atoms with Gasteiger partial charge in [0.25, 0.3) is 5.79 Å². The Morgan fingerprint density at radius 1 is 0.971 bits per heavy atom. The van der Waals surface area contributed by atoms with Crippen molar-refractivity contribution in [3.8, 4) is 23.0 Å². The number of aliphatic hydroxyl groups is 1. The number of esters is 1. The third kappa shape index (κ3) is 4.31. The molecule has 2 aliphatic heterocycles. The van der Waals surface area contributed by atoms with Crippen LogP contribution in [0, 0.1) is 0 Å². The van der Waals surface area contributed by atoms with Gasteiger partial charge in [-0.3, -0.25) is 0 Å². The van der Waals surface area contributed by atoms with Crippen molar-refractivity contribution >= 4 is 11.5 Å². The molecular weight excluding hydrogens is 448 g/mol. The summed E-state index contributed by atoms with van der Waals surface area (Å²) in [5.41, 5.74) is 2.60. The van der Waals surface area contributed by atoms with E-state index in [1.54, 1.807) is 49.6 Å². The minimum atomic E-state index is -1.95. The van der Waals surface area contributed by atoms with Gasteiger partial charge in [-0.15, -0.1) is 0 Å². The van der Waals surface area contributed by atoms with Gasteiger partial charge in [-0.05, 0) is 66.1 Å². The molecule has 5 rings (SSSR count). The summed E-state index contributed by atoms with van der Waals surface area (Å²) in [6, 6.07) is 19.7. The van der Waals surface area contributed by atoms with Crippen LogP contribution in [0.2, 0.25) is 0 Å². The number of hydrogen-bond acceptors (Lipinski definition) is 7. The first kappa shape index (κ1) is 22.8. The molecule has 180 valence electrons. The smallest absolute Gasteiger partial charge is 0.342 e. The van der Waals surface area contributed by atoms with Crippen molar-refractivity contribution in [2.75, 3.05) is 20.5 Å². The molecule has 0 aromatic heterocycles. The van der Waals surface area contributed by atoms with Crippen molar-refractivity contribution < 1.29 is 33.6 Å². The van der Waals surface area contributed by atoms with Crippen LogP contribution in [0.3, 0.4) is 0 Å². The first-order valence-corrected chi connectivity index (χ1v) is 11.5. The van der Waals surface area contributed by atoms with Gasteiger partial charge >= 0.3 is 5.97 Å². The van der Waals surface area contributed by atoms with Crippen LogP contribution in [0.25, 0.3) is 5.57 Å². The molecule has 0 saturated carbocycles. The highest BCUT2D eigenvalue weighted by Crippen LogP contribution is 2.46. The SMILES string of the molecule is CCCOc1cccc(CC2=C(c3ccc4c(c3)OCO4)C(=O)OC2(O)c2ccc(OC)cc2)c1. The Morgan fingerprint density at radius 3 is 2.54 bits per heavy atom. The Kier molecular flexibility index (Phi) is 6.09. The molecule has 7 heteroatoms. The standard InChI is InChI=1S/C28H26O7/c1-3-13-32-22-6-4-5-18(14-22)15-23-26(19-7-12-24-25(16-19)34-17-33-24)27(29)35-28(23,30)20-8-10-21(31-2)11-9-20/h4-12,14,16,30H,3,13,15,17H2,1-2H3. The third-order valence-corrected chi connectivity index (χ3v) is 6.05. The maximum atomic E-state index is 13.2. The Hall–Kier alpha value is -3.97. The highest BCUT2D eigenvalue weighted by Gasteiger charge is 2.48. The maximum absolute atomic E-state index is 13.2. The molecule has 1 unspecified atom stereocenters. The first-order valence-electron chi connectivity index (χ1n) is 11.5. The van der Waals surface area contributed by atoms with Gasteiger partial charge < -0.3 is 28.8 Å². The summed E-state index contributed by atoms with van der Waals surface area (Å²) in [5, 5.41) is 11.8. The normalized spacial score (nSPS) is 18.5. The van der Waals surface area contributed by atoms with E-state index in [0.29, 0.717) is 46.1 Å². The number of carbonyl (C=O) groups is 1. The van der Waals surface area contributed by atoms with E-state index in [1.165, 1.54) is 0 Å². The lowest BCUT2D eigenvalue weighted by Crippen LogP contribution is -2.29. The molecule has 0 amide bonds. The van der Waals surface area contributed by atoms with E-state index in [1.807, 2.05) is 31.2 Å². The Bertz CT molecular complexity index is 1280. The van der Waals surface area contributed by atoms with E-state index in [4.69, 9.17) is 23.7 Å². The number of methoxy groups -OCH3 is 1. The zero-order chi connectivity index (χ0) is 24.4. The van der Waals surface area contributed by atoms with E-state index in [-0.39, 0.29) is 13.2 Å². The van der Waals surface area contributed by atoms with E-state index in [0.717, 1.165) is 17.7 Å². The second-order valence-electron chi connectivity index (χ2n) is 8.36. The molecular formula is C28H26O7. The maximum Gasteiger partial charge on any atom is 0.342 e. The van der Waals surface area contributed by atoms with Crippen LogP contribution in [-0.2, 0) is 21.7 Å². The van der Waals surface area contributed by atoms with Crippen LogP contribution in [0.4, 0.5) is 0 Å². The van der Waals surface area contributed by atoms with Crippen LogP contribution in [0.1, 0.15) is 30.0 Å². The van der Waals surface area contributed by atoms with Crippen molar-refractivity contribution in [3.05, 3.63) is 89.0 Å². The van der Waals surface area contributed by atoms with Gasteiger partial charge in [0.05, 0.1) is 19.3 Å². The van der Waals surface area contributed by atoms with Crippen molar-refractivity contribution in [2.24, 2.45) is 0 Å². The molecule has 0 spiro atoms. The minimum Gasteiger partial charge on any atom is -0.497 e. The Balaban J connectivity index is 1.62. The number of carbonyl (C=O) groups excluding carboxylic acids is 1. The number of benzene rings is 3. The van der Waals surface area contributed by atoms with Gasteiger partial charge in [0.15, 0.2) is 11.5 Å². The topological polar surface area (TPSA) is 83.5 Å². The average Bonchev–Trinajstić information content (AvgIpc) is 3.44. The Morgan fingerprint density at radius 2 is 1.77 bits per heavy atom. The number of rotatable bonds is 8. The summed E-state index contributed by atoms with van der Waals surface area (Å²) in [6.07, 6.45) is 1.16. The molecule has 3 aromatic carbocycles. The Labute approximate surface area is 203 Å². The van der Waals surface area contributed by atoms with Gasteiger partial charge in [0.2, 0.25) is 6.79 Å². The van der Waals surface area contributed by atoms with E-state index in [9.17, 15) is 9.90 Å². The molecule has 3 aromatic rings. The van der Waals surface area contributed by atoms with E-state index in [2.05, 4.69) is 0 Å². The second kappa shape index (κ2) is 9.35. The number of ether oxygens (including phenoxy) is 5. The van der Waals surface area contributed by atoms with Crippen molar-refractivity contribution in [2.45, 2.75) is 25.6 Å². The quantitative estimate of drug-likeness (QED) is 0.477. The first-order chi connectivity index (χ1) is 17.0. The van der Waals surface area contributed by atoms with E-state index < -0.39 is 11.8 Å². The monoisotopic (exact) mass is 474 g/mol. The highest BCUT2D eigenvalue weighted by atomic mass is 16.7. The third-order valence-electron chi connectivity index (χ3n) is 6.05. The van der Waals surface area contributed by atoms with Crippen LogP contribution in [0.5, 0.6) is 23.0 Å². The largest absolute Gasteiger partial charge is 0.497 e. The van der Waals surface area contributed by atoms with Crippen LogP contribution < -0.4 is 18.9 Å². The van der Waals surface area contributed by atoms with Gasteiger partial charge in [0, 0.05) is 17.6 Å². The predicted octanol–water partition coefficient (Wildman–Crippen LogP) is 4.61. The van der Waals surface area contributed by atoms with Crippen molar-refractivity contribution in [1.82, 2.24) is 0 Å². The lowest BCUT2D eigenvalue weighted by Gasteiger charge is -2.26. The fraction of sp³-hybridized carbons (Fsp3) is 0.250. The lowest BCUT2D eigenvalue weighted by molar-refractivity contribution is -0.185. The molecule has 0 aliphatic carbocycles. The van der Waals surface area contributed by atoms with Gasteiger partial charge in [-0.1, -0.05) is 25.1 Å². The molecule has 35 heavy (non-hydrogen) atoms. The number of fused-ring (bicyclic) bond motifs is 1. The molecule has 1 N–H and O–H groups in total. The molecule has 0 radical (unpaired) electrons. The number of hydrogen-bond donors (Lipinski definition) is 1. The molecule has 0 saturated heterocycles. The molecule has 2 aliphatic rings. The van der Waals surface area contributed by atoms with Gasteiger partial charge in [-0.25, -0.2) is 4.79 Å². The molecule has 7 nitrogen and oxygen atoms in total. The van der Waals surface area contributed by atoms with Crippen molar-refractivity contribution in [3.63, 3.8) is 0 Å². The zero-order valence-electron chi connectivity index (χ0n) is 19.6. The molecule has 0 fully saturated rings. The minimum absolute atomic E-state index is 0.121. The van der Waals surface area contributed by atoms with Gasteiger partial charge in [-0.2, -0.15) is 0 Å². The molecule has 0 bridgehead atoms. The fourth-order valence-corrected chi connectivity index (χ4v) is 4.31. The molecule has 2 heterocycles. The highest BCUT2D eigenvalue weighted by molar-refractivity contribution is 6.20.